The van der Waals surface area contributed by atoms with E-state index in [9.17, 15) is 9.59 Å². The summed E-state index contributed by atoms with van der Waals surface area (Å²) >= 11 is 0. The number of aryl methyl sites for hydroxylation is 2. The summed E-state index contributed by atoms with van der Waals surface area (Å²) in [6.45, 7) is 9.17. The summed E-state index contributed by atoms with van der Waals surface area (Å²) in [4.78, 5) is 31.7. The molecule has 1 amide bonds. The fourth-order valence-corrected chi connectivity index (χ4v) is 3.41. The van der Waals surface area contributed by atoms with Gasteiger partial charge >= 0.3 is 0 Å². The van der Waals surface area contributed by atoms with Crippen LogP contribution in [-0.2, 0) is 6.42 Å². The van der Waals surface area contributed by atoms with E-state index in [1.54, 1.807) is 35.4 Å². The monoisotopic (exact) mass is 404 g/mol. The van der Waals surface area contributed by atoms with E-state index in [0.717, 1.165) is 23.4 Å². The molecule has 2 aromatic carbocycles. The lowest BCUT2D eigenvalue weighted by Gasteiger charge is -2.18. The van der Waals surface area contributed by atoms with Gasteiger partial charge in [0.05, 0.1) is 16.9 Å². The van der Waals surface area contributed by atoms with Crippen molar-refractivity contribution in [1.82, 2.24) is 14.7 Å². The van der Waals surface area contributed by atoms with E-state index < -0.39 is 0 Å². The molecule has 1 aromatic heterocycles. The van der Waals surface area contributed by atoms with Gasteiger partial charge in [-0.15, -0.1) is 0 Å². The Morgan fingerprint density at radius 2 is 1.73 bits per heavy atom. The molecule has 3 aromatic rings. The molecule has 0 unspecified atom stereocenters. The number of H-pyrrole nitrogens is 1. The van der Waals surface area contributed by atoms with Crippen molar-refractivity contribution in [3.05, 3.63) is 81.3 Å². The van der Waals surface area contributed by atoms with Gasteiger partial charge in [-0.2, -0.15) is 0 Å². The smallest absolute Gasteiger partial charge is 0.280 e. The Balaban J connectivity index is 1.89. The molecule has 0 saturated heterocycles. The number of nitrogens with zero attached hydrogens (tertiary/aromatic N) is 3. The summed E-state index contributed by atoms with van der Waals surface area (Å²) in [7, 11) is 0. The Hall–Kier alpha value is -3.41. The third-order valence-corrected chi connectivity index (χ3v) is 5.25. The molecule has 0 aliphatic carbocycles. The van der Waals surface area contributed by atoms with Gasteiger partial charge in [0.2, 0.25) is 0 Å². The second-order valence-corrected chi connectivity index (χ2v) is 7.06. The quantitative estimate of drug-likeness (QED) is 0.598. The highest BCUT2D eigenvalue weighted by Gasteiger charge is 2.14. The zero-order valence-corrected chi connectivity index (χ0v) is 18.0. The topological polar surface area (TPSA) is 70.5 Å². The number of hydrogen-bond donors (Lipinski definition) is 1. The van der Waals surface area contributed by atoms with Gasteiger partial charge in [0.1, 0.15) is 0 Å². The number of benzene rings is 2. The summed E-state index contributed by atoms with van der Waals surface area (Å²) in [5, 5.41) is 3.11. The number of aliphatic imine (C=N–C) groups is 1. The van der Waals surface area contributed by atoms with E-state index in [1.807, 2.05) is 45.0 Å². The highest BCUT2D eigenvalue weighted by Crippen LogP contribution is 2.19. The Bertz CT molecular complexity index is 1100. The molecule has 6 heteroatoms. The van der Waals surface area contributed by atoms with Crippen molar-refractivity contribution in [2.45, 2.75) is 34.1 Å². The van der Waals surface area contributed by atoms with E-state index in [4.69, 9.17) is 0 Å². The summed E-state index contributed by atoms with van der Waals surface area (Å²) in [5.74, 6) is -0.0102. The van der Waals surface area contributed by atoms with Crippen molar-refractivity contribution in [3.63, 3.8) is 0 Å². The van der Waals surface area contributed by atoms with Crippen molar-refractivity contribution in [1.29, 1.82) is 0 Å². The molecule has 30 heavy (non-hydrogen) atoms. The molecule has 6 nitrogen and oxygen atoms in total. The first-order valence-corrected chi connectivity index (χ1v) is 10.3. The SMILES string of the molecule is CCc1ccccc1N=Cc1c(C)[nH]n(-c2ccc(C(=O)N(CC)CC)cc2)c1=O. The van der Waals surface area contributed by atoms with Gasteiger partial charge in [-0.1, -0.05) is 25.1 Å². The predicted molar refractivity (Wildman–Crippen MR) is 121 cm³/mol. The number of amides is 1. The Kier molecular flexibility index (Phi) is 6.67. The molecular weight excluding hydrogens is 376 g/mol. The molecule has 3 rings (SSSR count). The van der Waals surface area contributed by atoms with Crippen LogP contribution < -0.4 is 5.56 Å². The minimum absolute atomic E-state index is 0.0102. The highest BCUT2D eigenvalue weighted by atomic mass is 16.2. The van der Waals surface area contributed by atoms with Crippen LogP contribution in [0.5, 0.6) is 0 Å². The third kappa shape index (κ3) is 4.27. The van der Waals surface area contributed by atoms with Crippen LogP contribution in [0.15, 0.2) is 58.3 Å². The van der Waals surface area contributed by atoms with Crippen LogP contribution in [0.1, 0.15) is 48.0 Å². The maximum Gasteiger partial charge on any atom is 0.280 e. The van der Waals surface area contributed by atoms with Gasteiger partial charge in [0.25, 0.3) is 11.5 Å². The first-order valence-electron chi connectivity index (χ1n) is 10.3. The maximum atomic E-state index is 13.0. The lowest BCUT2D eigenvalue weighted by molar-refractivity contribution is 0.0773. The number of para-hydroxylation sites is 1. The molecule has 0 aliphatic rings. The second-order valence-electron chi connectivity index (χ2n) is 7.06. The molecule has 0 saturated carbocycles. The predicted octanol–water partition coefficient (Wildman–Crippen LogP) is 4.27. The van der Waals surface area contributed by atoms with E-state index in [-0.39, 0.29) is 11.5 Å². The van der Waals surface area contributed by atoms with Crippen LogP contribution in [0, 0.1) is 6.92 Å². The lowest BCUT2D eigenvalue weighted by Crippen LogP contribution is -2.30. The first-order chi connectivity index (χ1) is 14.5. The molecule has 1 heterocycles. The fraction of sp³-hybridized carbons (Fsp3) is 0.292. The largest absolute Gasteiger partial charge is 0.339 e. The minimum atomic E-state index is -0.173. The number of hydrogen-bond acceptors (Lipinski definition) is 3. The molecular formula is C24H28N4O2. The standard InChI is InChI=1S/C24H28N4O2/c1-5-18-10-8-9-11-22(18)25-16-21-17(4)26-28(24(21)30)20-14-12-19(13-15-20)23(29)27(6-2)7-3/h8-16,26H,5-7H2,1-4H3. The van der Waals surface area contributed by atoms with Gasteiger partial charge in [0, 0.05) is 30.6 Å². The van der Waals surface area contributed by atoms with Crippen LogP contribution >= 0.6 is 0 Å². The van der Waals surface area contributed by atoms with Crippen LogP contribution in [0.4, 0.5) is 5.69 Å². The van der Waals surface area contributed by atoms with Crippen molar-refractivity contribution in [3.8, 4) is 5.69 Å². The number of aromatic nitrogens is 2. The number of carbonyl (C=O) groups excluding carboxylic acids is 1. The third-order valence-electron chi connectivity index (χ3n) is 5.25. The van der Waals surface area contributed by atoms with Gasteiger partial charge in [-0.05, 0) is 63.1 Å². The molecule has 0 radical (unpaired) electrons. The van der Waals surface area contributed by atoms with E-state index in [0.29, 0.717) is 29.9 Å². The zero-order valence-electron chi connectivity index (χ0n) is 18.0. The van der Waals surface area contributed by atoms with Gasteiger partial charge < -0.3 is 4.90 Å². The van der Waals surface area contributed by atoms with Crippen LogP contribution in [0.3, 0.4) is 0 Å². The normalized spacial score (nSPS) is 11.2. The Labute approximate surface area is 176 Å². The first kappa shape index (κ1) is 21.3. The summed E-state index contributed by atoms with van der Waals surface area (Å²) in [6, 6.07) is 15.0. The average molecular weight is 405 g/mol. The van der Waals surface area contributed by atoms with Crippen LogP contribution in [-0.4, -0.2) is 39.9 Å². The lowest BCUT2D eigenvalue weighted by atomic mass is 10.1. The second kappa shape index (κ2) is 9.39. The number of rotatable bonds is 7. The Morgan fingerprint density at radius 3 is 2.37 bits per heavy atom. The van der Waals surface area contributed by atoms with Gasteiger partial charge in [-0.3, -0.25) is 19.7 Å². The number of carbonyl (C=O) groups is 1. The summed E-state index contributed by atoms with van der Waals surface area (Å²) in [5.41, 5.74) is 4.37. The summed E-state index contributed by atoms with van der Waals surface area (Å²) in [6.07, 6.45) is 2.50. The van der Waals surface area contributed by atoms with Crippen LogP contribution in [0.2, 0.25) is 0 Å². The van der Waals surface area contributed by atoms with Crippen molar-refractivity contribution in [2.75, 3.05) is 13.1 Å². The summed E-state index contributed by atoms with van der Waals surface area (Å²) < 4.78 is 1.48. The number of nitrogens with one attached hydrogen (secondary N) is 1. The van der Waals surface area contributed by atoms with Crippen molar-refractivity contribution in [2.24, 2.45) is 4.99 Å². The van der Waals surface area contributed by atoms with E-state index in [1.165, 1.54) is 4.68 Å². The van der Waals surface area contributed by atoms with Gasteiger partial charge in [-0.25, -0.2) is 4.68 Å². The fourth-order valence-electron chi connectivity index (χ4n) is 3.41. The molecule has 0 atom stereocenters. The van der Waals surface area contributed by atoms with Gasteiger partial charge in [0.15, 0.2) is 0 Å². The molecule has 0 fully saturated rings. The van der Waals surface area contributed by atoms with Crippen molar-refractivity contribution < 1.29 is 4.79 Å². The average Bonchev–Trinajstić information content (AvgIpc) is 3.06. The Morgan fingerprint density at radius 1 is 1.07 bits per heavy atom. The molecule has 0 bridgehead atoms. The molecule has 1 N–H and O–H groups in total. The van der Waals surface area contributed by atoms with Crippen molar-refractivity contribution >= 4 is 17.8 Å². The highest BCUT2D eigenvalue weighted by molar-refractivity contribution is 5.94. The molecule has 0 spiro atoms. The molecule has 0 aliphatic heterocycles. The van der Waals surface area contributed by atoms with Crippen LogP contribution in [0.25, 0.3) is 5.69 Å². The number of aromatic amines is 1. The zero-order chi connectivity index (χ0) is 21.7. The minimum Gasteiger partial charge on any atom is -0.339 e. The molecule has 156 valence electrons. The van der Waals surface area contributed by atoms with E-state index >= 15 is 0 Å². The van der Waals surface area contributed by atoms with E-state index in [2.05, 4.69) is 17.0 Å². The maximum absolute atomic E-state index is 13.0.